The van der Waals surface area contributed by atoms with Gasteiger partial charge in [0.15, 0.2) is 5.60 Å². The van der Waals surface area contributed by atoms with E-state index < -0.39 is 11.8 Å². The predicted octanol–water partition coefficient (Wildman–Crippen LogP) is 2.15. The number of nitrogens with zero attached hydrogens (tertiary/aromatic N) is 3. The Hall–Kier alpha value is -1.57. The van der Waals surface area contributed by atoms with Crippen molar-refractivity contribution in [3.05, 3.63) is 18.0 Å². The Bertz CT molecular complexity index is 520. The molecular weight excluding hydrogens is 299 g/mol. The second-order valence-corrected chi connectivity index (χ2v) is 5.61. The summed E-state index contributed by atoms with van der Waals surface area (Å²) in [6.45, 7) is 2.45. The van der Waals surface area contributed by atoms with Crippen molar-refractivity contribution in [2.45, 2.75) is 44.5 Å². The quantitative estimate of drug-likeness (QED) is 0.854. The zero-order valence-electron chi connectivity index (χ0n) is 12.7. The molecule has 1 aliphatic rings. The minimum absolute atomic E-state index is 0.0598. The molecule has 1 aromatic rings. The van der Waals surface area contributed by atoms with Gasteiger partial charge >= 0.3 is 6.18 Å². The number of carbonyl (C=O) groups excluding carboxylic acids is 1. The maximum absolute atomic E-state index is 13.1. The van der Waals surface area contributed by atoms with Gasteiger partial charge < -0.3 is 9.64 Å². The first-order valence-corrected chi connectivity index (χ1v) is 7.16. The standard InChI is InChI=1S/C14H20F3N3O2/c1-11-9-18-20(10-11)6-3-12(21)19-7-4-13(22-2,5-8-19)14(15,16)17/h9-10H,3-8H2,1-2H3. The number of aryl methyl sites for hydroxylation is 2. The molecule has 1 aromatic heterocycles. The fraction of sp³-hybridized carbons (Fsp3) is 0.714. The summed E-state index contributed by atoms with van der Waals surface area (Å²) in [4.78, 5) is 13.6. The van der Waals surface area contributed by atoms with Crippen LogP contribution in [0.4, 0.5) is 13.2 Å². The van der Waals surface area contributed by atoms with Gasteiger partial charge in [-0.1, -0.05) is 0 Å². The number of hydrogen-bond acceptors (Lipinski definition) is 3. The van der Waals surface area contributed by atoms with Crippen LogP contribution in [0.2, 0.25) is 0 Å². The van der Waals surface area contributed by atoms with Crippen LogP contribution in [0, 0.1) is 6.92 Å². The fourth-order valence-electron chi connectivity index (χ4n) is 2.68. The van der Waals surface area contributed by atoms with Crippen LogP contribution in [-0.4, -0.2) is 52.6 Å². The summed E-state index contributed by atoms with van der Waals surface area (Å²) in [5, 5.41) is 4.08. The van der Waals surface area contributed by atoms with Crippen LogP contribution in [0.1, 0.15) is 24.8 Å². The lowest BCUT2D eigenvalue weighted by atomic mass is 9.90. The summed E-state index contributed by atoms with van der Waals surface area (Å²) in [7, 11) is 1.07. The predicted molar refractivity (Wildman–Crippen MR) is 73.2 cm³/mol. The second-order valence-electron chi connectivity index (χ2n) is 5.61. The van der Waals surface area contributed by atoms with Crippen molar-refractivity contribution in [1.82, 2.24) is 14.7 Å². The molecule has 0 aromatic carbocycles. The lowest BCUT2D eigenvalue weighted by Crippen LogP contribution is -2.55. The molecule has 0 atom stereocenters. The Morgan fingerprint density at radius 1 is 1.41 bits per heavy atom. The number of likely N-dealkylation sites (tertiary alicyclic amines) is 1. The van der Waals surface area contributed by atoms with Gasteiger partial charge in [-0.15, -0.1) is 0 Å². The van der Waals surface area contributed by atoms with Crippen LogP contribution in [0.15, 0.2) is 12.4 Å². The van der Waals surface area contributed by atoms with Crippen molar-refractivity contribution in [1.29, 1.82) is 0 Å². The molecule has 0 saturated carbocycles. The van der Waals surface area contributed by atoms with Crippen molar-refractivity contribution >= 4 is 5.91 Å². The van der Waals surface area contributed by atoms with E-state index in [2.05, 4.69) is 5.10 Å². The number of methoxy groups -OCH3 is 1. The third-order valence-corrected chi connectivity index (χ3v) is 4.15. The smallest absolute Gasteiger partial charge is 0.369 e. The summed E-state index contributed by atoms with van der Waals surface area (Å²) < 4.78 is 45.6. The summed E-state index contributed by atoms with van der Waals surface area (Å²) in [5.74, 6) is -0.153. The first-order chi connectivity index (χ1) is 10.3. The molecule has 2 heterocycles. The molecule has 8 heteroatoms. The molecule has 1 fully saturated rings. The van der Waals surface area contributed by atoms with Crippen molar-refractivity contribution in [2.24, 2.45) is 0 Å². The molecule has 0 aliphatic carbocycles. The molecule has 124 valence electrons. The van der Waals surface area contributed by atoms with Gasteiger partial charge in [-0.3, -0.25) is 9.48 Å². The van der Waals surface area contributed by atoms with Crippen molar-refractivity contribution < 1.29 is 22.7 Å². The van der Waals surface area contributed by atoms with Gasteiger partial charge in [0.25, 0.3) is 0 Å². The van der Waals surface area contributed by atoms with E-state index in [1.54, 1.807) is 10.9 Å². The highest BCUT2D eigenvalue weighted by atomic mass is 19.4. The van der Waals surface area contributed by atoms with Gasteiger partial charge in [-0.2, -0.15) is 18.3 Å². The average molecular weight is 319 g/mol. The number of piperidine rings is 1. The van der Waals surface area contributed by atoms with Crippen molar-refractivity contribution in [3.63, 3.8) is 0 Å². The van der Waals surface area contributed by atoms with Crippen LogP contribution in [0.5, 0.6) is 0 Å². The Kier molecular flexibility index (Phi) is 4.79. The van der Waals surface area contributed by atoms with Gasteiger partial charge in [0.2, 0.25) is 5.91 Å². The first-order valence-electron chi connectivity index (χ1n) is 7.16. The third kappa shape index (κ3) is 3.43. The normalized spacial score (nSPS) is 18.5. The highest BCUT2D eigenvalue weighted by Crippen LogP contribution is 2.41. The molecule has 0 unspecified atom stereocenters. The van der Waals surface area contributed by atoms with Gasteiger partial charge in [-0.25, -0.2) is 0 Å². The Morgan fingerprint density at radius 2 is 2.05 bits per heavy atom. The highest BCUT2D eigenvalue weighted by molar-refractivity contribution is 5.76. The summed E-state index contributed by atoms with van der Waals surface area (Å²) in [6, 6.07) is 0. The van der Waals surface area contributed by atoms with Gasteiger partial charge in [0.05, 0.1) is 6.20 Å². The monoisotopic (exact) mass is 319 g/mol. The lowest BCUT2D eigenvalue weighted by molar-refractivity contribution is -0.281. The minimum Gasteiger partial charge on any atom is -0.369 e. The SMILES string of the molecule is COC1(C(F)(F)F)CCN(C(=O)CCn2cc(C)cn2)CC1. The average Bonchev–Trinajstić information content (AvgIpc) is 2.89. The van der Waals surface area contributed by atoms with E-state index in [0.717, 1.165) is 12.7 Å². The number of alkyl halides is 3. The van der Waals surface area contributed by atoms with Gasteiger partial charge in [-0.05, 0) is 12.5 Å². The largest absolute Gasteiger partial charge is 0.417 e. The Morgan fingerprint density at radius 3 is 2.50 bits per heavy atom. The number of carbonyl (C=O) groups is 1. The number of rotatable bonds is 4. The van der Waals surface area contributed by atoms with Crippen molar-refractivity contribution in [3.8, 4) is 0 Å². The number of hydrogen-bond donors (Lipinski definition) is 0. The van der Waals surface area contributed by atoms with E-state index in [0.29, 0.717) is 6.54 Å². The van der Waals surface area contributed by atoms with E-state index in [-0.39, 0.29) is 38.3 Å². The molecule has 22 heavy (non-hydrogen) atoms. The zero-order valence-corrected chi connectivity index (χ0v) is 12.7. The van der Waals surface area contributed by atoms with E-state index >= 15 is 0 Å². The fourth-order valence-corrected chi connectivity index (χ4v) is 2.68. The van der Waals surface area contributed by atoms with Crippen LogP contribution >= 0.6 is 0 Å². The first kappa shape index (κ1) is 16.8. The molecule has 0 spiro atoms. The molecule has 5 nitrogen and oxygen atoms in total. The number of ether oxygens (including phenoxy) is 1. The van der Waals surface area contributed by atoms with E-state index in [9.17, 15) is 18.0 Å². The van der Waals surface area contributed by atoms with Crippen LogP contribution in [0.25, 0.3) is 0 Å². The summed E-state index contributed by atoms with van der Waals surface area (Å²) in [5.41, 5.74) is -1.12. The number of amides is 1. The van der Waals surface area contributed by atoms with Crippen LogP contribution in [-0.2, 0) is 16.1 Å². The van der Waals surface area contributed by atoms with E-state index in [1.807, 2.05) is 13.1 Å². The Balaban J connectivity index is 1.87. The summed E-state index contributed by atoms with van der Waals surface area (Å²) in [6.07, 6.45) is -1.11. The van der Waals surface area contributed by atoms with Gasteiger partial charge in [0.1, 0.15) is 0 Å². The number of halogens is 3. The molecule has 1 aliphatic heterocycles. The number of aromatic nitrogens is 2. The highest BCUT2D eigenvalue weighted by Gasteiger charge is 2.56. The van der Waals surface area contributed by atoms with Crippen LogP contribution in [0.3, 0.4) is 0 Å². The van der Waals surface area contributed by atoms with Crippen molar-refractivity contribution in [2.75, 3.05) is 20.2 Å². The van der Waals surface area contributed by atoms with Gasteiger partial charge in [0, 0.05) is 52.2 Å². The molecular formula is C14H20F3N3O2. The third-order valence-electron chi connectivity index (χ3n) is 4.15. The van der Waals surface area contributed by atoms with E-state index in [1.165, 1.54) is 4.90 Å². The maximum Gasteiger partial charge on any atom is 0.417 e. The minimum atomic E-state index is -4.41. The molecule has 0 bridgehead atoms. The maximum atomic E-state index is 13.1. The molecule has 0 N–H and O–H groups in total. The topological polar surface area (TPSA) is 47.4 Å². The molecule has 1 amide bonds. The van der Waals surface area contributed by atoms with Crippen LogP contribution < -0.4 is 0 Å². The molecule has 1 saturated heterocycles. The van der Waals surface area contributed by atoms with E-state index in [4.69, 9.17) is 4.74 Å². The molecule has 0 radical (unpaired) electrons. The molecule has 2 rings (SSSR count). The second kappa shape index (κ2) is 6.28. The lowest BCUT2D eigenvalue weighted by Gasteiger charge is -2.41. The Labute approximate surface area is 127 Å². The summed E-state index contributed by atoms with van der Waals surface area (Å²) >= 11 is 0. The zero-order chi connectivity index (χ0) is 16.4.